The summed E-state index contributed by atoms with van der Waals surface area (Å²) >= 11 is 4.87. The molecule has 0 saturated carbocycles. The van der Waals surface area contributed by atoms with Gasteiger partial charge in [-0.15, -0.1) is 11.3 Å². The summed E-state index contributed by atoms with van der Waals surface area (Å²) in [5.41, 5.74) is 8.57. The predicted molar refractivity (Wildman–Crippen MR) is 108 cm³/mol. The van der Waals surface area contributed by atoms with E-state index in [1.807, 2.05) is 22.9 Å². The maximum Gasteiger partial charge on any atom is 0.258 e. The van der Waals surface area contributed by atoms with Gasteiger partial charge in [-0.1, -0.05) is 13.0 Å². The molecule has 26 heavy (non-hydrogen) atoms. The number of halogens is 1. The molecule has 0 fully saturated rings. The quantitative estimate of drug-likeness (QED) is 0.508. The number of thiophene rings is 1. The first-order valence-electron chi connectivity index (χ1n) is 8.04. The van der Waals surface area contributed by atoms with Crippen LogP contribution in [0.25, 0.3) is 21.1 Å². The van der Waals surface area contributed by atoms with Crippen LogP contribution in [0.2, 0.25) is 0 Å². The predicted octanol–water partition coefficient (Wildman–Crippen LogP) is 4.05. The molecule has 0 atom stereocenters. The highest BCUT2D eigenvalue weighted by Gasteiger charge is 2.18. The first-order valence-corrected chi connectivity index (χ1v) is 9.71. The van der Waals surface area contributed by atoms with Gasteiger partial charge in [0.25, 0.3) is 5.91 Å². The van der Waals surface area contributed by atoms with Crippen molar-refractivity contribution >= 4 is 65.8 Å². The fourth-order valence-corrected chi connectivity index (χ4v) is 4.40. The number of aromatic nitrogens is 4. The van der Waals surface area contributed by atoms with E-state index in [-0.39, 0.29) is 5.91 Å². The van der Waals surface area contributed by atoms with E-state index in [0.29, 0.717) is 31.9 Å². The van der Waals surface area contributed by atoms with E-state index in [9.17, 15) is 4.79 Å². The largest absolute Gasteiger partial charge is 0.382 e. The highest BCUT2D eigenvalue weighted by atomic mass is 79.9. The second kappa shape index (κ2) is 6.65. The summed E-state index contributed by atoms with van der Waals surface area (Å²) in [7, 11) is 0. The number of carbonyl (C=O) groups excluding carboxylic acids is 1. The summed E-state index contributed by atoms with van der Waals surface area (Å²) in [5.74, 6) is 0.140. The van der Waals surface area contributed by atoms with Gasteiger partial charge in [0.2, 0.25) is 0 Å². The number of nitrogens with two attached hydrogens (primary N) is 1. The van der Waals surface area contributed by atoms with Crippen molar-refractivity contribution in [3.63, 3.8) is 0 Å². The van der Waals surface area contributed by atoms with Gasteiger partial charge in [0.1, 0.15) is 16.7 Å². The molecule has 4 rings (SSSR count). The Kier molecular flexibility index (Phi) is 4.33. The monoisotopic (exact) mass is 430 g/mol. The number of rotatable bonds is 4. The van der Waals surface area contributed by atoms with Crippen LogP contribution < -0.4 is 11.1 Å². The molecular formula is C17H15BrN6OS. The molecule has 0 aliphatic rings. The highest BCUT2D eigenvalue weighted by molar-refractivity contribution is 9.10. The molecule has 132 valence electrons. The van der Waals surface area contributed by atoms with Crippen LogP contribution in [0.3, 0.4) is 0 Å². The number of nitrogens with one attached hydrogen (secondary N) is 1. The molecule has 0 spiro atoms. The maximum atomic E-state index is 12.8. The summed E-state index contributed by atoms with van der Waals surface area (Å²) in [6.07, 6.45) is 2.34. The molecule has 1 amide bonds. The zero-order valence-corrected chi connectivity index (χ0v) is 16.3. The van der Waals surface area contributed by atoms with E-state index in [2.05, 4.69) is 43.2 Å². The number of carbonyl (C=O) groups is 1. The van der Waals surface area contributed by atoms with E-state index in [4.69, 9.17) is 5.73 Å². The Hall–Kier alpha value is -2.52. The van der Waals surface area contributed by atoms with Crippen LogP contribution in [0.15, 0.2) is 34.5 Å². The van der Waals surface area contributed by atoms with Crippen LogP contribution in [-0.4, -0.2) is 25.7 Å². The SMILES string of the molecule is CCCn1nc(Br)c2c(NC(=O)c3csc4c(N)ncnc34)cccc21. The third-order valence-electron chi connectivity index (χ3n) is 4.04. The number of aryl methyl sites for hydroxylation is 1. The minimum atomic E-state index is -0.239. The van der Waals surface area contributed by atoms with Gasteiger partial charge in [0.05, 0.1) is 32.4 Å². The lowest BCUT2D eigenvalue weighted by molar-refractivity contribution is 0.102. The number of fused-ring (bicyclic) bond motifs is 2. The summed E-state index contributed by atoms with van der Waals surface area (Å²) in [6.45, 7) is 2.91. The minimum absolute atomic E-state index is 0.239. The van der Waals surface area contributed by atoms with Crippen molar-refractivity contribution in [2.24, 2.45) is 0 Å². The molecule has 0 aliphatic heterocycles. The van der Waals surface area contributed by atoms with Crippen LogP contribution in [0.4, 0.5) is 11.5 Å². The molecule has 0 radical (unpaired) electrons. The normalized spacial score (nSPS) is 11.3. The first-order chi connectivity index (χ1) is 12.6. The second-order valence-electron chi connectivity index (χ2n) is 5.75. The van der Waals surface area contributed by atoms with Crippen molar-refractivity contribution in [3.8, 4) is 0 Å². The lowest BCUT2D eigenvalue weighted by atomic mass is 10.2. The molecule has 1 aromatic carbocycles. The Morgan fingerprint density at radius 1 is 1.38 bits per heavy atom. The Bertz CT molecular complexity index is 1140. The molecular weight excluding hydrogens is 416 g/mol. The standard InChI is InChI=1S/C17H15BrN6OS/c1-2-6-24-11-5-3-4-10(12(11)15(18)23-24)22-17(25)9-7-26-14-13(9)20-8-21-16(14)19/h3-5,7-8H,2,6H2,1H3,(H,22,25)(H2,19,20,21). The van der Waals surface area contributed by atoms with Gasteiger partial charge in [-0.2, -0.15) is 5.10 Å². The second-order valence-corrected chi connectivity index (χ2v) is 7.38. The van der Waals surface area contributed by atoms with E-state index >= 15 is 0 Å². The van der Waals surface area contributed by atoms with Crippen molar-refractivity contribution in [1.82, 2.24) is 19.7 Å². The van der Waals surface area contributed by atoms with Gasteiger partial charge in [-0.3, -0.25) is 9.48 Å². The van der Waals surface area contributed by atoms with Crippen molar-refractivity contribution < 1.29 is 4.79 Å². The number of hydrogen-bond acceptors (Lipinski definition) is 6. The van der Waals surface area contributed by atoms with E-state index in [1.165, 1.54) is 17.7 Å². The summed E-state index contributed by atoms with van der Waals surface area (Å²) in [5, 5.41) is 10.1. The van der Waals surface area contributed by atoms with Gasteiger partial charge in [0, 0.05) is 11.9 Å². The minimum Gasteiger partial charge on any atom is -0.382 e. The van der Waals surface area contributed by atoms with Gasteiger partial charge < -0.3 is 11.1 Å². The Morgan fingerprint density at radius 2 is 2.23 bits per heavy atom. The molecule has 9 heteroatoms. The molecule has 3 N–H and O–H groups in total. The maximum absolute atomic E-state index is 12.8. The van der Waals surface area contributed by atoms with Crippen LogP contribution in [0.1, 0.15) is 23.7 Å². The lowest BCUT2D eigenvalue weighted by Crippen LogP contribution is -2.12. The fourth-order valence-electron chi connectivity index (χ4n) is 2.89. The molecule has 7 nitrogen and oxygen atoms in total. The summed E-state index contributed by atoms with van der Waals surface area (Å²) < 4.78 is 3.36. The van der Waals surface area contributed by atoms with Crippen LogP contribution in [0.5, 0.6) is 0 Å². The zero-order chi connectivity index (χ0) is 18.3. The van der Waals surface area contributed by atoms with Crippen LogP contribution in [-0.2, 0) is 6.54 Å². The van der Waals surface area contributed by atoms with E-state index in [1.54, 1.807) is 5.38 Å². The van der Waals surface area contributed by atoms with Crippen molar-refractivity contribution in [1.29, 1.82) is 0 Å². The Morgan fingerprint density at radius 3 is 3.04 bits per heavy atom. The van der Waals surface area contributed by atoms with Crippen molar-refractivity contribution in [3.05, 3.63) is 40.1 Å². The Labute approximate surface area is 161 Å². The topological polar surface area (TPSA) is 98.7 Å². The molecule has 0 saturated heterocycles. The van der Waals surface area contributed by atoms with Crippen LogP contribution in [0, 0.1) is 0 Å². The van der Waals surface area contributed by atoms with Gasteiger partial charge in [-0.25, -0.2) is 9.97 Å². The first kappa shape index (κ1) is 16.9. The fraction of sp³-hybridized carbons (Fsp3) is 0.176. The summed E-state index contributed by atoms with van der Waals surface area (Å²) in [4.78, 5) is 21.0. The van der Waals surface area contributed by atoms with Gasteiger partial charge in [0.15, 0.2) is 0 Å². The average Bonchev–Trinajstić information content (AvgIpc) is 3.19. The highest BCUT2D eigenvalue weighted by Crippen LogP contribution is 2.32. The summed E-state index contributed by atoms with van der Waals surface area (Å²) in [6, 6.07) is 5.76. The lowest BCUT2D eigenvalue weighted by Gasteiger charge is -2.07. The number of nitrogen functional groups attached to an aromatic ring is 1. The van der Waals surface area contributed by atoms with Crippen LogP contribution >= 0.6 is 27.3 Å². The molecule has 0 unspecified atom stereocenters. The molecule has 0 aliphatic carbocycles. The smallest absolute Gasteiger partial charge is 0.258 e. The number of benzene rings is 1. The molecule has 3 aromatic heterocycles. The number of hydrogen-bond donors (Lipinski definition) is 2. The van der Waals surface area contributed by atoms with Gasteiger partial charge in [-0.05, 0) is 34.5 Å². The third-order valence-corrected chi connectivity index (χ3v) is 5.59. The molecule has 4 aromatic rings. The van der Waals surface area contributed by atoms with E-state index < -0.39 is 0 Å². The zero-order valence-electron chi connectivity index (χ0n) is 13.9. The third kappa shape index (κ3) is 2.73. The number of nitrogens with zero attached hydrogens (tertiary/aromatic N) is 4. The molecule has 0 bridgehead atoms. The number of anilines is 2. The Balaban J connectivity index is 1.75. The van der Waals surface area contributed by atoms with Crippen molar-refractivity contribution in [2.45, 2.75) is 19.9 Å². The molecule has 3 heterocycles. The average molecular weight is 431 g/mol. The van der Waals surface area contributed by atoms with Crippen molar-refractivity contribution in [2.75, 3.05) is 11.1 Å². The van der Waals surface area contributed by atoms with E-state index in [0.717, 1.165) is 23.9 Å². The number of amides is 1. The van der Waals surface area contributed by atoms with Gasteiger partial charge >= 0.3 is 0 Å².